The first-order chi connectivity index (χ1) is 13.5. The number of carbonyl (C=O) groups is 1. The Hall–Kier alpha value is -3.06. The topological polar surface area (TPSA) is 72.2 Å². The number of nitrogens with zero attached hydrogens (tertiary/aromatic N) is 4. The van der Waals surface area contributed by atoms with Crippen LogP contribution in [0.25, 0.3) is 15.5 Å². The first-order valence-electron chi connectivity index (χ1n) is 9.25. The van der Waals surface area contributed by atoms with Crippen molar-refractivity contribution in [3.8, 4) is 10.6 Å². The van der Waals surface area contributed by atoms with Gasteiger partial charge in [0.2, 0.25) is 4.96 Å². The van der Waals surface area contributed by atoms with Crippen molar-refractivity contribution in [3.63, 3.8) is 0 Å². The number of hydrogen-bond acceptors (Lipinski definition) is 5. The Bertz CT molecular complexity index is 1140. The number of carbonyl (C=O) groups excluding carboxylic acids is 1. The Morgan fingerprint density at radius 3 is 2.57 bits per heavy atom. The molecule has 4 rings (SSSR count). The van der Waals surface area contributed by atoms with Crippen molar-refractivity contribution in [2.24, 2.45) is 0 Å². The minimum Gasteiger partial charge on any atom is -0.322 e. The lowest BCUT2D eigenvalue weighted by atomic mass is 10.1. The van der Waals surface area contributed by atoms with Gasteiger partial charge in [0.15, 0.2) is 5.82 Å². The molecule has 7 heteroatoms. The van der Waals surface area contributed by atoms with Crippen LogP contribution in [0.3, 0.4) is 0 Å². The van der Waals surface area contributed by atoms with E-state index in [0.29, 0.717) is 5.56 Å². The van der Waals surface area contributed by atoms with Crippen molar-refractivity contribution in [1.29, 1.82) is 0 Å². The summed E-state index contributed by atoms with van der Waals surface area (Å²) in [7, 11) is 0. The molecule has 2 aromatic carbocycles. The van der Waals surface area contributed by atoms with Gasteiger partial charge in [0, 0.05) is 23.2 Å². The predicted octanol–water partition coefficient (Wildman–Crippen LogP) is 4.67. The van der Waals surface area contributed by atoms with E-state index in [0.717, 1.165) is 45.4 Å². The highest BCUT2D eigenvalue weighted by atomic mass is 32.1. The van der Waals surface area contributed by atoms with E-state index in [-0.39, 0.29) is 5.91 Å². The SMILES string of the molecule is CCCc1nnc2sc(-c3ccc(NC(=O)c4ccc(C)c(C)c4)cc3)nn12. The van der Waals surface area contributed by atoms with Crippen LogP contribution in [-0.2, 0) is 6.42 Å². The number of amides is 1. The monoisotopic (exact) mass is 391 g/mol. The van der Waals surface area contributed by atoms with Crippen LogP contribution in [0.15, 0.2) is 42.5 Å². The largest absolute Gasteiger partial charge is 0.322 e. The van der Waals surface area contributed by atoms with Crippen LogP contribution in [-0.4, -0.2) is 25.7 Å². The minimum absolute atomic E-state index is 0.112. The van der Waals surface area contributed by atoms with E-state index in [9.17, 15) is 4.79 Å². The van der Waals surface area contributed by atoms with Gasteiger partial charge < -0.3 is 5.32 Å². The third-order valence-electron chi connectivity index (χ3n) is 4.69. The maximum atomic E-state index is 12.5. The van der Waals surface area contributed by atoms with Crippen LogP contribution < -0.4 is 5.32 Å². The second-order valence-corrected chi connectivity index (χ2v) is 7.75. The fourth-order valence-corrected chi connectivity index (χ4v) is 3.80. The highest BCUT2D eigenvalue weighted by molar-refractivity contribution is 7.19. The number of aromatic nitrogens is 4. The van der Waals surface area contributed by atoms with Gasteiger partial charge in [-0.3, -0.25) is 4.79 Å². The highest BCUT2D eigenvalue weighted by Crippen LogP contribution is 2.27. The van der Waals surface area contributed by atoms with Gasteiger partial charge in [-0.2, -0.15) is 9.61 Å². The van der Waals surface area contributed by atoms with Crippen LogP contribution in [0.5, 0.6) is 0 Å². The Kier molecular flexibility index (Phi) is 4.92. The lowest BCUT2D eigenvalue weighted by Gasteiger charge is -2.07. The molecule has 2 aromatic heterocycles. The summed E-state index contributed by atoms with van der Waals surface area (Å²) in [6, 6.07) is 13.4. The summed E-state index contributed by atoms with van der Waals surface area (Å²) in [5.41, 5.74) is 4.68. The number of rotatable bonds is 5. The zero-order valence-corrected chi connectivity index (χ0v) is 16.9. The molecular formula is C21H21N5OS. The van der Waals surface area contributed by atoms with Crippen LogP contribution >= 0.6 is 11.3 Å². The second-order valence-electron chi connectivity index (χ2n) is 6.80. The molecule has 0 saturated carbocycles. The second kappa shape index (κ2) is 7.52. The Balaban J connectivity index is 1.52. The van der Waals surface area contributed by atoms with Gasteiger partial charge in [-0.25, -0.2) is 0 Å². The fraction of sp³-hybridized carbons (Fsp3) is 0.238. The maximum absolute atomic E-state index is 12.5. The summed E-state index contributed by atoms with van der Waals surface area (Å²) >= 11 is 1.51. The van der Waals surface area contributed by atoms with E-state index in [4.69, 9.17) is 0 Å². The number of aryl methyl sites for hydroxylation is 3. The fourth-order valence-electron chi connectivity index (χ4n) is 2.94. The van der Waals surface area contributed by atoms with Gasteiger partial charge in [0.25, 0.3) is 5.91 Å². The van der Waals surface area contributed by atoms with Gasteiger partial charge in [-0.05, 0) is 67.8 Å². The molecule has 0 spiro atoms. The molecule has 28 heavy (non-hydrogen) atoms. The molecule has 0 aliphatic rings. The summed E-state index contributed by atoms with van der Waals surface area (Å²) in [6.45, 7) is 6.15. The lowest BCUT2D eigenvalue weighted by molar-refractivity contribution is 0.102. The van der Waals surface area contributed by atoms with Crippen molar-refractivity contribution >= 4 is 27.9 Å². The maximum Gasteiger partial charge on any atom is 0.255 e. The summed E-state index contributed by atoms with van der Waals surface area (Å²) < 4.78 is 1.82. The quantitative estimate of drug-likeness (QED) is 0.536. The Morgan fingerprint density at radius 2 is 1.86 bits per heavy atom. The number of fused-ring (bicyclic) bond motifs is 1. The smallest absolute Gasteiger partial charge is 0.255 e. The van der Waals surface area contributed by atoms with Crippen molar-refractivity contribution in [3.05, 3.63) is 65.0 Å². The molecule has 0 aliphatic heterocycles. The molecule has 142 valence electrons. The van der Waals surface area contributed by atoms with E-state index in [1.165, 1.54) is 16.9 Å². The first-order valence-corrected chi connectivity index (χ1v) is 10.1. The zero-order valence-electron chi connectivity index (χ0n) is 16.1. The summed E-state index contributed by atoms with van der Waals surface area (Å²) in [5.74, 6) is 0.774. The Labute approximate surface area is 167 Å². The van der Waals surface area contributed by atoms with E-state index < -0.39 is 0 Å². The molecule has 0 fully saturated rings. The van der Waals surface area contributed by atoms with E-state index in [1.54, 1.807) is 0 Å². The molecule has 4 aromatic rings. The number of benzene rings is 2. The molecule has 0 bridgehead atoms. The van der Waals surface area contributed by atoms with Crippen molar-refractivity contribution < 1.29 is 4.79 Å². The van der Waals surface area contributed by atoms with Crippen LogP contribution in [0.4, 0.5) is 5.69 Å². The van der Waals surface area contributed by atoms with Gasteiger partial charge in [-0.15, -0.1) is 10.2 Å². The number of anilines is 1. The van der Waals surface area contributed by atoms with Crippen LogP contribution in [0.1, 0.15) is 40.7 Å². The Morgan fingerprint density at radius 1 is 1.07 bits per heavy atom. The standard InChI is InChI=1S/C21H21N5OS/c1-4-5-18-23-24-21-26(18)25-20(28-21)15-8-10-17(11-9-15)22-19(27)16-7-6-13(2)14(3)12-16/h6-12H,4-5H2,1-3H3,(H,22,27). The molecule has 0 radical (unpaired) electrons. The molecule has 0 unspecified atom stereocenters. The molecule has 1 N–H and O–H groups in total. The van der Waals surface area contributed by atoms with Crippen molar-refractivity contribution in [1.82, 2.24) is 19.8 Å². The van der Waals surface area contributed by atoms with E-state index in [1.807, 2.05) is 60.8 Å². The average Bonchev–Trinajstić information content (AvgIpc) is 3.27. The van der Waals surface area contributed by atoms with Crippen LogP contribution in [0.2, 0.25) is 0 Å². The van der Waals surface area contributed by atoms with Crippen LogP contribution in [0, 0.1) is 13.8 Å². The van der Waals surface area contributed by atoms with Gasteiger partial charge >= 0.3 is 0 Å². The molecule has 1 amide bonds. The molecule has 0 atom stereocenters. The molecular weight excluding hydrogens is 370 g/mol. The first kappa shape index (κ1) is 18.3. The van der Waals surface area contributed by atoms with E-state index >= 15 is 0 Å². The molecule has 6 nitrogen and oxygen atoms in total. The molecule has 0 aliphatic carbocycles. The van der Waals surface area contributed by atoms with Crippen molar-refractivity contribution in [2.75, 3.05) is 5.32 Å². The van der Waals surface area contributed by atoms with E-state index in [2.05, 4.69) is 27.5 Å². The summed E-state index contributed by atoms with van der Waals surface area (Å²) in [4.78, 5) is 13.3. The van der Waals surface area contributed by atoms with Crippen molar-refractivity contribution in [2.45, 2.75) is 33.6 Å². The number of nitrogens with one attached hydrogen (secondary N) is 1. The highest BCUT2D eigenvalue weighted by Gasteiger charge is 2.13. The third-order valence-corrected chi connectivity index (χ3v) is 5.64. The molecule has 0 saturated heterocycles. The average molecular weight is 392 g/mol. The third kappa shape index (κ3) is 3.53. The molecule has 2 heterocycles. The summed E-state index contributed by atoms with van der Waals surface area (Å²) in [5, 5.41) is 16.9. The zero-order chi connectivity index (χ0) is 19.7. The normalized spacial score (nSPS) is 11.1. The van der Waals surface area contributed by atoms with Gasteiger partial charge in [-0.1, -0.05) is 24.3 Å². The summed E-state index contributed by atoms with van der Waals surface area (Å²) in [6.07, 6.45) is 1.86. The predicted molar refractivity (Wildman–Crippen MR) is 112 cm³/mol. The minimum atomic E-state index is -0.112. The van der Waals surface area contributed by atoms with Gasteiger partial charge in [0.05, 0.1) is 0 Å². The lowest BCUT2D eigenvalue weighted by Crippen LogP contribution is -2.12. The number of hydrogen-bond donors (Lipinski definition) is 1. The van der Waals surface area contributed by atoms with Gasteiger partial charge in [0.1, 0.15) is 5.01 Å².